The largest absolute Gasteiger partial charge is 0.351 e. The van der Waals surface area contributed by atoms with Crippen molar-refractivity contribution in [2.45, 2.75) is 19.4 Å². The first-order chi connectivity index (χ1) is 14.8. The molecule has 0 saturated carbocycles. The summed E-state index contributed by atoms with van der Waals surface area (Å²) in [5.41, 5.74) is 2.86. The van der Waals surface area contributed by atoms with Gasteiger partial charge in [0.15, 0.2) is 0 Å². The molecule has 0 radical (unpaired) electrons. The van der Waals surface area contributed by atoms with Gasteiger partial charge in [-0.15, -0.1) is 0 Å². The molecule has 1 N–H and O–H groups in total. The van der Waals surface area contributed by atoms with Crippen molar-refractivity contribution in [3.8, 4) is 0 Å². The van der Waals surface area contributed by atoms with E-state index in [0.29, 0.717) is 22.8 Å². The quantitative estimate of drug-likeness (QED) is 0.527. The van der Waals surface area contributed by atoms with Crippen LogP contribution in [0.25, 0.3) is 0 Å². The maximum absolute atomic E-state index is 12.5. The molecular weight excluding hydrogens is 432 g/mol. The zero-order valence-corrected chi connectivity index (χ0v) is 19.0. The maximum atomic E-state index is 12.5. The molecule has 0 unspecified atom stereocenters. The number of carbonyl (C=O) groups is 1. The molecule has 31 heavy (non-hydrogen) atoms. The Morgan fingerprint density at radius 1 is 0.968 bits per heavy atom. The summed E-state index contributed by atoms with van der Waals surface area (Å²) in [7, 11) is -3.54. The third-order valence-corrected chi connectivity index (χ3v) is 6.45. The van der Waals surface area contributed by atoms with Crippen LogP contribution in [-0.4, -0.2) is 27.1 Å². The van der Waals surface area contributed by atoms with Gasteiger partial charge in [-0.05, 0) is 41.3 Å². The second-order valence-corrected chi connectivity index (χ2v) is 9.75. The molecule has 3 rings (SSSR count). The monoisotopic (exact) mass is 456 g/mol. The first kappa shape index (κ1) is 22.8. The highest BCUT2D eigenvalue weighted by Gasteiger charge is 2.20. The van der Waals surface area contributed by atoms with Gasteiger partial charge in [0.25, 0.3) is 5.91 Å². The van der Waals surface area contributed by atoms with Crippen LogP contribution in [0.2, 0.25) is 5.02 Å². The lowest BCUT2D eigenvalue weighted by molar-refractivity contribution is 0.0951. The van der Waals surface area contributed by atoms with Crippen LogP contribution < -0.4 is 9.62 Å². The molecule has 7 heteroatoms. The number of anilines is 1. The maximum Gasteiger partial charge on any atom is 0.251 e. The SMILES string of the molecule is C[C@@H](CNC(=O)c1ccc(CN(c2ccccc2Cl)S(C)(=O)=O)cc1)c1ccccc1. The zero-order chi connectivity index (χ0) is 22.4. The Morgan fingerprint density at radius 2 is 1.58 bits per heavy atom. The Morgan fingerprint density at radius 3 is 2.19 bits per heavy atom. The topological polar surface area (TPSA) is 66.5 Å². The average molecular weight is 457 g/mol. The van der Waals surface area contributed by atoms with Crippen molar-refractivity contribution in [3.05, 3.63) is 101 Å². The fraction of sp³-hybridized carbons (Fsp3) is 0.208. The Kier molecular flexibility index (Phi) is 7.36. The number of sulfonamides is 1. The van der Waals surface area contributed by atoms with E-state index in [4.69, 9.17) is 11.6 Å². The molecule has 0 aliphatic carbocycles. The van der Waals surface area contributed by atoms with Crippen molar-refractivity contribution >= 4 is 33.2 Å². The number of hydrogen-bond donors (Lipinski definition) is 1. The number of nitrogens with one attached hydrogen (secondary N) is 1. The highest BCUT2D eigenvalue weighted by atomic mass is 35.5. The third-order valence-electron chi connectivity index (χ3n) is 5.00. The van der Waals surface area contributed by atoms with Gasteiger partial charge in [-0.1, -0.05) is 73.1 Å². The summed E-state index contributed by atoms with van der Waals surface area (Å²) in [5, 5.41) is 3.31. The van der Waals surface area contributed by atoms with Crippen LogP contribution in [-0.2, 0) is 16.6 Å². The van der Waals surface area contributed by atoms with Gasteiger partial charge >= 0.3 is 0 Å². The summed E-state index contributed by atoms with van der Waals surface area (Å²) in [6.45, 7) is 2.71. The van der Waals surface area contributed by atoms with Gasteiger partial charge in [-0.2, -0.15) is 0 Å². The standard InChI is InChI=1S/C24H25ClN2O3S/c1-18(20-8-4-3-5-9-20)16-26-24(28)21-14-12-19(13-15-21)17-27(31(2,29)30)23-11-7-6-10-22(23)25/h3-15,18H,16-17H2,1-2H3,(H,26,28)/t18-/m0/s1. The summed E-state index contributed by atoms with van der Waals surface area (Å²) in [6.07, 6.45) is 1.14. The van der Waals surface area contributed by atoms with Gasteiger partial charge in [0, 0.05) is 12.1 Å². The molecule has 3 aromatic carbocycles. The summed E-state index contributed by atoms with van der Waals surface area (Å²) in [5.74, 6) is 0.0313. The van der Waals surface area contributed by atoms with Crippen LogP contribution in [0.15, 0.2) is 78.9 Å². The lowest BCUT2D eigenvalue weighted by Crippen LogP contribution is -2.29. The van der Waals surface area contributed by atoms with Gasteiger partial charge in [0.2, 0.25) is 10.0 Å². The van der Waals surface area contributed by atoms with E-state index in [-0.39, 0.29) is 18.4 Å². The minimum absolute atomic E-state index is 0.121. The van der Waals surface area contributed by atoms with Crippen LogP contribution >= 0.6 is 11.6 Å². The molecule has 0 fully saturated rings. The molecule has 0 bridgehead atoms. The molecule has 0 heterocycles. The van der Waals surface area contributed by atoms with E-state index >= 15 is 0 Å². The summed E-state index contributed by atoms with van der Waals surface area (Å²) in [4.78, 5) is 12.5. The molecular formula is C24H25ClN2O3S. The van der Waals surface area contributed by atoms with Crippen molar-refractivity contribution in [1.82, 2.24) is 5.32 Å². The highest BCUT2D eigenvalue weighted by molar-refractivity contribution is 7.92. The number of benzene rings is 3. The van der Waals surface area contributed by atoms with Gasteiger partial charge < -0.3 is 5.32 Å². The van der Waals surface area contributed by atoms with E-state index in [1.807, 2.05) is 30.3 Å². The van der Waals surface area contributed by atoms with Crippen LogP contribution in [0.1, 0.15) is 34.3 Å². The van der Waals surface area contributed by atoms with Crippen LogP contribution in [0.3, 0.4) is 0 Å². The summed E-state index contributed by atoms with van der Waals surface area (Å²) < 4.78 is 25.9. The lowest BCUT2D eigenvalue weighted by Gasteiger charge is -2.23. The number of amides is 1. The van der Waals surface area contributed by atoms with E-state index in [9.17, 15) is 13.2 Å². The predicted molar refractivity (Wildman–Crippen MR) is 126 cm³/mol. The van der Waals surface area contributed by atoms with Gasteiger partial charge in [0.05, 0.1) is 23.5 Å². The van der Waals surface area contributed by atoms with Crippen molar-refractivity contribution in [3.63, 3.8) is 0 Å². The molecule has 3 aromatic rings. The van der Waals surface area contributed by atoms with E-state index in [1.165, 1.54) is 9.87 Å². The minimum Gasteiger partial charge on any atom is -0.351 e. The first-order valence-corrected chi connectivity index (χ1v) is 12.1. The lowest BCUT2D eigenvalue weighted by atomic mass is 10.0. The van der Waals surface area contributed by atoms with Crippen molar-refractivity contribution < 1.29 is 13.2 Å². The molecule has 0 spiro atoms. The Bertz CT molecular complexity index is 1130. The summed E-state index contributed by atoms with van der Waals surface area (Å²) >= 11 is 6.20. The Labute approximate surface area is 188 Å². The number of halogens is 1. The number of para-hydroxylation sites is 1. The van der Waals surface area contributed by atoms with Crippen molar-refractivity contribution in [2.24, 2.45) is 0 Å². The minimum atomic E-state index is -3.54. The van der Waals surface area contributed by atoms with Crippen molar-refractivity contribution in [1.29, 1.82) is 0 Å². The molecule has 1 atom stereocenters. The van der Waals surface area contributed by atoms with E-state index < -0.39 is 10.0 Å². The molecule has 5 nitrogen and oxygen atoms in total. The van der Waals surface area contributed by atoms with Crippen LogP contribution in [0, 0.1) is 0 Å². The molecule has 0 aromatic heterocycles. The molecule has 0 saturated heterocycles. The Hall–Kier alpha value is -2.83. The first-order valence-electron chi connectivity index (χ1n) is 9.90. The number of carbonyl (C=O) groups excluding carboxylic acids is 1. The smallest absolute Gasteiger partial charge is 0.251 e. The second kappa shape index (κ2) is 9.98. The van der Waals surface area contributed by atoms with Gasteiger partial charge in [-0.3, -0.25) is 9.10 Å². The van der Waals surface area contributed by atoms with E-state index in [2.05, 4.69) is 12.2 Å². The normalized spacial score (nSPS) is 12.2. The summed E-state index contributed by atoms with van der Waals surface area (Å²) in [6, 6.07) is 23.7. The highest BCUT2D eigenvalue weighted by Crippen LogP contribution is 2.28. The number of nitrogens with zero attached hydrogens (tertiary/aromatic N) is 1. The molecule has 0 aliphatic heterocycles. The number of rotatable bonds is 8. The van der Waals surface area contributed by atoms with Crippen LogP contribution in [0.4, 0.5) is 5.69 Å². The molecule has 162 valence electrons. The third kappa shape index (κ3) is 6.09. The van der Waals surface area contributed by atoms with Gasteiger partial charge in [0.1, 0.15) is 0 Å². The second-order valence-electron chi connectivity index (χ2n) is 7.44. The zero-order valence-electron chi connectivity index (χ0n) is 17.5. The fourth-order valence-electron chi connectivity index (χ4n) is 3.21. The van der Waals surface area contributed by atoms with E-state index in [0.717, 1.165) is 11.8 Å². The van der Waals surface area contributed by atoms with Crippen molar-refractivity contribution in [2.75, 3.05) is 17.1 Å². The predicted octanol–water partition coefficient (Wildman–Crippen LogP) is 4.84. The molecule has 0 aliphatic rings. The van der Waals surface area contributed by atoms with E-state index in [1.54, 1.807) is 48.5 Å². The fourth-order valence-corrected chi connectivity index (χ4v) is 4.40. The Balaban J connectivity index is 1.67. The number of hydrogen-bond acceptors (Lipinski definition) is 3. The average Bonchev–Trinajstić information content (AvgIpc) is 2.76. The van der Waals surface area contributed by atoms with Gasteiger partial charge in [-0.25, -0.2) is 8.42 Å². The molecule has 1 amide bonds. The van der Waals surface area contributed by atoms with Crippen LogP contribution in [0.5, 0.6) is 0 Å².